The highest BCUT2D eigenvalue weighted by molar-refractivity contribution is 6.57. The van der Waals surface area contributed by atoms with Crippen molar-refractivity contribution in [2.75, 3.05) is 0 Å². The topological polar surface area (TPSA) is 34.1 Å². The van der Waals surface area contributed by atoms with Crippen LogP contribution in [0.15, 0.2) is 30.3 Å². The third-order valence-corrected chi connectivity index (χ3v) is 2.93. The van der Waals surface area contributed by atoms with Crippen molar-refractivity contribution in [3.05, 3.63) is 47.0 Å². The number of carbonyl (C=O) groups is 2. The molecule has 0 N–H and O–H groups in total. The smallest absolute Gasteiger partial charge is 0.234 e. The maximum Gasteiger partial charge on any atom is 0.234 e. The number of Topliss-reactive ketones (excluding diaryl/α,β-unsaturated/α-hetero) is 2. The van der Waals surface area contributed by atoms with Crippen LogP contribution < -0.4 is 0 Å². The SMILES string of the molecule is Cc1ccc2cccc3c2c1C(=O)C3=O. The van der Waals surface area contributed by atoms with Gasteiger partial charge >= 0.3 is 0 Å². The molecule has 0 atom stereocenters. The Bertz CT molecular complexity index is 624. The standard InChI is InChI=1S/C13H8O2/c1-7-5-6-8-3-2-4-9-11(8)10(7)13(15)12(9)14/h2-6H,1H3. The normalized spacial score (nSPS) is 13.9. The Morgan fingerprint density at radius 1 is 0.933 bits per heavy atom. The summed E-state index contributed by atoms with van der Waals surface area (Å²) in [6, 6.07) is 9.29. The first kappa shape index (κ1) is 8.36. The Hall–Kier alpha value is -1.96. The first-order valence-electron chi connectivity index (χ1n) is 4.81. The van der Waals surface area contributed by atoms with Gasteiger partial charge in [-0.3, -0.25) is 9.59 Å². The van der Waals surface area contributed by atoms with Crippen LogP contribution >= 0.6 is 0 Å². The van der Waals surface area contributed by atoms with E-state index in [9.17, 15) is 9.59 Å². The van der Waals surface area contributed by atoms with Crippen LogP contribution in [0.5, 0.6) is 0 Å². The van der Waals surface area contributed by atoms with Crippen molar-refractivity contribution in [1.29, 1.82) is 0 Å². The van der Waals surface area contributed by atoms with Crippen LogP contribution in [0, 0.1) is 6.92 Å². The van der Waals surface area contributed by atoms with Crippen LogP contribution in [-0.2, 0) is 0 Å². The fourth-order valence-electron chi connectivity index (χ4n) is 2.20. The molecule has 2 nitrogen and oxygen atoms in total. The van der Waals surface area contributed by atoms with Gasteiger partial charge in [0.2, 0.25) is 11.6 Å². The molecule has 0 aromatic heterocycles. The first-order chi connectivity index (χ1) is 7.20. The van der Waals surface area contributed by atoms with Crippen molar-refractivity contribution in [2.24, 2.45) is 0 Å². The minimum atomic E-state index is -0.370. The first-order valence-corrected chi connectivity index (χ1v) is 4.81. The lowest BCUT2D eigenvalue weighted by molar-refractivity contribution is 0.0825. The summed E-state index contributed by atoms with van der Waals surface area (Å²) in [4.78, 5) is 23.4. The molecule has 0 saturated heterocycles. The van der Waals surface area contributed by atoms with E-state index >= 15 is 0 Å². The fraction of sp³-hybridized carbons (Fsp3) is 0.0769. The molecule has 0 amide bonds. The molecule has 3 rings (SSSR count). The molecule has 0 aliphatic heterocycles. The Kier molecular flexibility index (Phi) is 1.41. The van der Waals surface area contributed by atoms with E-state index in [1.807, 2.05) is 31.2 Å². The minimum absolute atomic E-state index is 0.362. The van der Waals surface area contributed by atoms with Gasteiger partial charge in [-0.25, -0.2) is 0 Å². The van der Waals surface area contributed by atoms with Crippen LogP contribution in [0.4, 0.5) is 0 Å². The van der Waals surface area contributed by atoms with E-state index < -0.39 is 0 Å². The molecule has 0 spiro atoms. The summed E-state index contributed by atoms with van der Waals surface area (Å²) in [5.74, 6) is -0.732. The molecule has 15 heavy (non-hydrogen) atoms. The van der Waals surface area contributed by atoms with Gasteiger partial charge in [0, 0.05) is 16.5 Å². The molecule has 2 heteroatoms. The lowest BCUT2D eigenvalue weighted by Gasteiger charge is -2.01. The largest absolute Gasteiger partial charge is 0.285 e. The zero-order chi connectivity index (χ0) is 10.6. The maximum atomic E-state index is 11.7. The summed E-state index contributed by atoms with van der Waals surface area (Å²) in [6.07, 6.45) is 0. The van der Waals surface area contributed by atoms with Crippen LogP contribution in [0.25, 0.3) is 10.8 Å². The van der Waals surface area contributed by atoms with Gasteiger partial charge in [0.1, 0.15) is 0 Å². The molecule has 72 valence electrons. The predicted molar refractivity (Wildman–Crippen MR) is 57.3 cm³/mol. The third kappa shape index (κ3) is 0.885. The number of hydrogen-bond acceptors (Lipinski definition) is 2. The predicted octanol–water partition coefficient (Wildman–Crippen LogP) is 2.53. The second-order valence-corrected chi connectivity index (χ2v) is 3.82. The summed E-state index contributed by atoms with van der Waals surface area (Å²) in [6.45, 7) is 1.86. The zero-order valence-electron chi connectivity index (χ0n) is 8.20. The van der Waals surface area contributed by atoms with Crippen molar-refractivity contribution in [1.82, 2.24) is 0 Å². The van der Waals surface area contributed by atoms with Gasteiger partial charge in [-0.05, 0) is 17.9 Å². The summed E-state index contributed by atoms with van der Waals surface area (Å²) in [5.41, 5.74) is 2.02. The molecule has 0 radical (unpaired) electrons. The second kappa shape index (κ2) is 2.54. The second-order valence-electron chi connectivity index (χ2n) is 3.82. The molecule has 1 aliphatic carbocycles. The van der Waals surface area contributed by atoms with Gasteiger partial charge in [-0.15, -0.1) is 0 Å². The molecule has 0 bridgehead atoms. The van der Waals surface area contributed by atoms with E-state index in [4.69, 9.17) is 0 Å². The third-order valence-electron chi connectivity index (χ3n) is 2.93. The van der Waals surface area contributed by atoms with E-state index in [0.29, 0.717) is 11.1 Å². The van der Waals surface area contributed by atoms with E-state index in [-0.39, 0.29) is 11.6 Å². The highest BCUT2D eigenvalue weighted by Gasteiger charge is 2.31. The quantitative estimate of drug-likeness (QED) is 0.607. The van der Waals surface area contributed by atoms with Gasteiger partial charge in [0.25, 0.3) is 0 Å². The Morgan fingerprint density at radius 3 is 2.53 bits per heavy atom. The number of benzene rings is 2. The van der Waals surface area contributed by atoms with Gasteiger partial charge in [0.15, 0.2) is 0 Å². The molecule has 2 aromatic rings. The van der Waals surface area contributed by atoms with Crippen molar-refractivity contribution in [3.8, 4) is 0 Å². The van der Waals surface area contributed by atoms with Crippen LogP contribution in [0.1, 0.15) is 26.3 Å². The molecular weight excluding hydrogens is 188 g/mol. The summed E-state index contributed by atoms with van der Waals surface area (Å²) >= 11 is 0. The average Bonchev–Trinajstić information content (AvgIpc) is 2.50. The van der Waals surface area contributed by atoms with E-state index in [1.54, 1.807) is 6.07 Å². The van der Waals surface area contributed by atoms with Crippen LogP contribution in [0.2, 0.25) is 0 Å². The average molecular weight is 196 g/mol. The van der Waals surface area contributed by atoms with Gasteiger partial charge in [0.05, 0.1) is 0 Å². The Labute approximate surface area is 86.5 Å². The van der Waals surface area contributed by atoms with Crippen molar-refractivity contribution in [2.45, 2.75) is 6.92 Å². The number of rotatable bonds is 0. The fourth-order valence-corrected chi connectivity index (χ4v) is 2.20. The summed E-state index contributed by atoms with van der Waals surface area (Å²) < 4.78 is 0. The monoisotopic (exact) mass is 196 g/mol. The van der Waals surface area contributed by atoms with E-state index in [2.05, 4.69) is 0 Å². The minimum Gasteiger partial charge on any atom is -0.285 e. The molecule has 0 fully saturated rings. The lowest BCUT2D eigenvalue weighted by atomic mass is 10.0. The number of hydrogen-bond donors (Lipinski definition) is 0. The van der Waals surface area contributed by atoms with E-state index in [1.165, 1.54) is 0 Å². The Morgan fingerprint density at radius 2 is 1.73 bits per heavy atom. The highest BCUT2D eigenvalue weighted by atomic mass is 16.2. The maximum absolute atomic E-state index is 11.7. The van der Waals surface area contributed by atoms with Gasteiger partial charge < -0.3 is 0 Å². The summed E-state index contributed by atoms with van der Waals surface area (Å²) in [7, 11) is 0. The lowest BCUT2D eigenvalue weighted by Crippen LogP contribution is -2.07. The molecular formula is C13H8O2. The summed E-state index contributed by atoms with van der Waals surface area (Å²) in [5, 5.41) is 1.79. The number of carbonyl (C=O) groups excluding carboxylic acids is 2. The zero-order valence-corrected chi connectivity index (χ0v) is 8.20. The van der Waals surface area contributed by atoms with Crippen LogP contribution in [0.3, 0.4) is 0 Å². The van der Waals surface area contributed by atoms with Crippen molar-refractivity contribution in [3.63, 3.8) is 0 Å². The van der Waals surface area contributed by atoms with Gasteiger partial charge in [-0.1, -0.05) is 30.3 Å². The highest BCUT2D eigenvalue weighted by Crippen LogP contribution is 2.32. The molecule has 0 saturated carbocycles. The van der Waals surface area contributed by atoms with Gasteiger partial charge in [-0.2, -0.15) is 0 Å². The van der Waals surface area contributed by atoms with E-state index in [0.717, 1.165) is 16.3 Å². The molecule has 2 aromatic carbocycles. The Balaban J connectivity index is 2.63. The number of aryl methyl sites for hydroxylation is 1. The van der Waals surface area contributed by atoms with Crippen molar-refractivity contribution >= 4 is 22.3 Å². The van der Waals surface area contributed by atoms with Crippen LogP contribution in [-0.4, -0.2) is 11.6 Å². The molecule has 0 heterocycles. The van der Waals surface area contributed by atoms with Crippen molar-refractivity contribution < 1.29 is 9.59 Å². The molecule has 0 unspecified atom stereocenters. The molecule has 1 aliphatic rings. The number of ketones is 2.